The molecule has 0 unspecified atom stereocenters. The van der Waals surface area contributed by atoms with Gasteiger partial charge in [-0.25, -0.2) is 34.9 Å². The molecule has 8 aromatic rings. The summed E-state index contributed by atoms with van der Waals surface area (Å²) in [4.78, 5) is 32.8. The van der Waals surface area contributed by atoms with E-state index in [0.717, 1.165) is 50.1 Å². The van der Waals surface area contributed by atoms with Gasteiger partial charge >= 0.3 is 0 Å². The number of aryl methyl sites for hydroxylation is 2. The molecule has 238 valence electrons. The first-order valence-corrected chi connectivity index (χ1v) is 16.4. The number of aromatic nitrogens is 7. The van der Waals surface area contributed by atoms with Gasteiger partial charge in [-0.15, -0.1) is 0 Å². The predicted octanol–water partition coefficient (Wildman–Crippen LogP) is 9.74. The zero-order chi connectivity index (χ0) is 33.9. The van der Waals surface area contributed by atoms with Gasteiger partial charge in [-0.3, -0.25) is 0 Å². The number of benzene rings is 5. The molecule has 7 heteroatoms. The quantitative estimate of drug-likeness (QED) is 0.170. The van der Waals surface area contributed by atoms with E-state index in [-0.39, 0.29) is 0 Å². The molecule has 0 saturated heterocycles. The van der Waals surface area contributed by atoms with Crippen LogP contribution in [0.25, 0.3) is 79.2 Å². The number of hydrogen-bond donors (Lipinski definition) is 0. The third-order valence-electron chi connectivity index (χ3n) is 8.53. The summed E-state index contributed by atoms with van der Waals surface area (Å²) in [7, 11) is 0. The Hall–Kier alpha value is -6.73. The summed E-state index contributed by atoms with van der Waals surface area (Å²) in [6, 6.07) is 43.3. The van der Waals surface area contributed by atoms with Gasteiger partial charge in [0.1, 0.15) is 0 Å². The minimum absolute atomic E-state index is 0.595. The monoisotopic (exact) mass is 645 g/mol. The largest absolute Gasteiger partial charge is 0.237 e. The van der Waals surface area contributed by atoms with Crippen molar-refractivity contribution in [3.05, 3.63) is 163 Å². The molecule has 7 nitrogen and oxygen atoms in total. The second-order valence-electron chi connectivity index (χ2n) is 12.1. The highest BCUT2D eigenvalue weighted by Gasteiger charge is 2.15. The number of nitrogens with zero attached hydrogens (tertiary/aromatic N) is 7. The molecule has 0 fully saturated rings. The van der Waals surface area contributed by atoms with Gasteiger partial charge in [0.15, 0.2) is 29.1 Å². The van der Waals surface area contributed by atoms with E-state index in [1.165, 1.54) is 11.1 Å². The van der Waals surface area contributed by atoms with Crippen LogP contribution in [0, 0.1) is 13.8 Å². The molecule has 3 aromatic heterocycles. The second kappa shape index (κ2) is 13.4. The lowest BCUT2D eigenvalue weighted by molar-refractivity contribution is 1.07. The highest BCUT2D eigenvalue weighted by Crippen LogP contribution is 2.34. The first-order chi connectivity index (χ1) is 24.6. The number of rotatable bonds is 7. The first kappa shape index (κ1) is 30.6. The molecule has 5 aromatic carbocycles. The molecular weight excluding hydrogens is 615 g/mol. The molecule has 0 radical (unpaired) electrons. The molecule has 0 aliphatic rings. The van der Waals surface area contributed by atoms with Crippen molar-refractivity contribution in [2.45, 2.75) is 13.8 Å². The van der Waals surface area contributed by atoms with E-state index in [9.17, 15) is 0 Å². The lowest BCUT2D eigenvalue weighted by Crippen LogP contribution is -2.00. The third-order valence-corrected chi connectivity index (χ3v) is 8.53. The van der Waals surface area contributed by atoms with Gasteiger partial charge in [0.2, 0.25) is 0 Å². The lowest BCUT2D eigenvalue weighted by Gasteiger charge is -2.13. The van der Waals surface area contributed by atoms with Gasteiger partial charge in [-0.1, -0.05) is 108 Å². The normalized spacial score (nSPS) is 11.0. The van der Waals surface area contributed by atoms with Crippen LogP contribution in [0.1, 0.15) is 11.1 Å². The van der Waals surface area contributed by atoms with Crippen molar-refractivity contribution in [1.82, 2.24) is 34.9 Å². The van der Waals surface area contributed by atoms with E-state index in [1.807, 2.05) is 12.1 Å². The maximum Gasteiger partial charge on any atom is 0.164 e. The average Bonchev–Trinajstić information content (AvgIpc) is 3.19. The lowest BCUT2D eigenvalue weighted by atomic mass is 9.94. The minimum Gasteiger partial charge on any atom is -0.237 e. The zero-order valence-corrected chi connectivity index (χ0v) is 27.6. The van der Waals surface area contributed by atoms with Crippen molar-refractivity contribution in [3.63, 3.8) is 0 Å². The van der Waals surface area contributed by atoms with Crippen LogP contribution in [0.3, 0.4) is 0 Å². The molecule has 0 atom stereocenters. The van der Waals surface area contributed by atoms with Crippen LogP contribution < -0.4 is 0 Å². The Kier molecular flexibility index (Phi) is 8.21. The van der Waals surface area contributed by atoms with E-state index in [0.29, 0.717) is 29.1 Å². The van der Waals surface area contributed by atoms with Crippen LogP contribution in [0.5, 0.6) is 0 Å². The fourth-order valence-electron chi connectivity index (χ4n) is 5.78. The molecule has 0 spiro atoms. The molecule has 8 rings (SSSR count). The Morgan fingerprint density at radius 2 is 0.560 bits per heavy atom. The summed E-state index contributed by atoms with van der Waals surface area (Å²) in [6.07, 6.45) is 7.02. The van der Waals surface area contributed by atoms with E-state index < -0.39 is 0 Å². The first-order valence-electron chi connectivity index (χ1n) is 16.4. The average molecular weight is 646 g/mol. The van der Waals surface area contributed by atoms with Crippen molar-refractivity contribution in [2.24, 2.45) is 0 Å². The van der Waals surface area contributed by atoms with Crippen LogP contribution in [0.2, 0.25) is 0 Å². The van der Waals surface area contributed by atoms with Crippen molar-refractivity contribution >= 4 is 0 Å². The molecular formula is C43H31N7. The molecule has 3 heterocycles. The Morgan fingerprint density at radius 3 is 0.940 bits per heavy atom. The maximum absolute atomic E-state index is 5.07. The fraction of sp³-hybridized carbons (Fsp3) is 0.0465. The molecule has 0 amide bonds. The molecule has 0 N–H and O–H groups in total. The number of hydrogen-bond acceptors (Lipinski definition) is 7. The van der Waals surface area contributed by atoms with Gasteiger partial charge < -0.3 is 0 Å². The molecule has 0 bridgehead atoms. The summed E-state index contributed by atoms with van der Waals surface area (Å²) >= 11 is 0. The van der Waals surface area contributed by atoms with Crippen molar-refractivity contribution < 1.29 is 0 Å². The van der Waals surface area contributed by atoms with Gasteiger partial charge in [0.25, 0.3) is 0 Å². The molecule has 0 aliphatic heterocycles. The maximum atomic E-state index is 5.07. The van der Waals surface area contributed by atoms with Gasteiger partial charge in [-0.05, 0) is 66.4 Å². The van der Waals surface area contributed by atoms with Crippen LogP contribution in [-0.2, 0) is 0 Å². The standard InChI is InChI=1S/C43H31N7/c1-28-5-9-34(10-6-28)41-48-42(35-11-7-29(2)8-12-35)50-43(49-41)38-26-36(30-13-17-32(18-14-30)39-44-21-3-22-45-39)25-37(27-38)31-15-19-33(20-16-31)40-46-23-4-24-47-40/h3-27H,1-2H3. The predicted molar refractivity (Wildman–Crippen MR) is 199 cm³/mol. The highest BCUT2D eigenvalue weighted by atomic mass is 15.0. The summed E-state index contributed by atoms with van der Waals surface area (Å²) in [5.74, 6) is 3.22. The summed E-state index contributed by atoms with van der Waals surface area (Å²) < 4.78 is 0. The van der Waals surface area contributed by atoms with Crippen LogP contribution in [0.4, 0.5) is 0 Å². The van der Waals surface area contributed by atoms with Gasteiger partial charge in [-0.2, -0.15) is 0 Å². The summed E-state index contributed by atoms with van der Waals surface area (Å²) in [6.45, 7) is 4.15. The Balaban J connectivity index is 1.28. The van der Waals surface area contributed by atoms with Crippen LogP contribution in [-0.4, -0.2) is 34.9 Å². The van der Waals surface area contributed by atoms with Gasteiger partial charge in [0, 0.05) is 52.6 Å². The van der Waals surface area contributed by atoms with Gasteiger partial charge in [0.05, 0.1) is 0 Å². The summed E-state index contributed by atoms with van der Waals surface area (Å²) in [5.41, 5.74) is 11.2. The smallest absolute Gasteiger partial charge is 0.164 e. The summed E-state index contributed by atoms with van der Waals surface area (Å²) in [5, 5.41) is 0. The minimum atomic E-state index is 0.595. The van der Waals surface area contributed by atoms with Crippen molar-refractivity contribution in [1.29, 1.82) is 0 Å². The fourth-order valence-corrected chi connectivity index (χ4v) is 5.78. The third kappa shape index (κ3) is 6.53. The van der Waals surface area contributed by atoms with E-state index >= 15 is 0 Å². The molecule has 0 saturated carbocycles. The van der Waals surface area contributed by atoms with Crippen molar-refractivity contribution in [2.75, 3.05) is 0 Å². The Morgan fingerprint density at radius 1 is 0.280 bits per heavy atom. The highest BCUT2D eigenvalue weighted by molar-refractivity contribution is 5.81. The molecule has 0 aliphatic carbocycles. The molecule has 50 heavy (non-hydrogen) atoms. The van der Waals surface area contributed by atoms with Crippen LogP contribution in [0.15, 0.2) is 152 Å². The van der Waals surface area contributed by atoms with Crippen molar-refractivity contribution in [3.8, 4) is 79.2 Å². The second-order valence-corrected chi connectivity index (χ2v) is 12.1. The topological polar surface area (TPSA) is 90.2 Å². The van der Waals surface area contributed by atoms with E-state index in [1.54, 1.807) is 24.8 Å². The Labute approximate surface area is 290 Å². The van der Waals surface area contributed by atoms with E-state index in [4.69, 9.17) is 15.0 Å². The van der Waals surface area contributed by atoms with E-state index in [2.05, 4.69) is 149 Å². The Bertz CT molecular complexity index is 2230. The SMILES string of the molecule is Cc1ccc(-c2nc(-c3ccc(C)cc3)nc(-c3cc(-c4ccc(-c5ncccn5)cc4)cc(-c4ccc(-c5ncccn5)cc4)c3)n2)cc1. The van der Waals surface area contributed by atoms with Crippen LogP contribution >= 0.6 is 0 Å². The zero-order valence-electron chi connectivity index (χ0n) is 27.6.